The number of aromatic nitrogens is 2. The van der Waals surface area contributed by atoms with Crippen LogP contribution >= 0.6 is 0 Å². The van der Waals surface area contributed by atoms with Gasteiger partial charge in [0.05, 0.1) is 41.7 Å². The number of nitrogens with one attached hydrogen (secondary N) is 1. The van der Waals surface area contributed by atoms with E-state index in [1.165, 1.54) is 16.6 Å². The molecule has 3 aromatic carbocycles. The Labute approximate surface area is 287 Å². The highest BCUT2D eigenvalue weighted by Crippen LogP contribution is 2.32. The molecule has 0 radical (unpaired) electrons. The van der Waals surface area contributed by atoms with Gasteiger partial charge in [-0.1, -0.05) is 18.2 Å². The van der Waals surface area contributed by atoms with Crippen LogP contribution in [0.5, 0.6) is 5.75 Å². The fourth-order valence-corrected chi connectivity index (χ4v) is 5.34. The minimum atomic E-state index is -4.90. The number of fused-ring (bicyclic) bond motifs is 1. The first-order chi connectivity index (χ1) is 23.5. The van der Waals surface area contributed by atoms with Crippen LogP contribution in [0.1, 0.15) is 50.2 Å². The summed E-state index contributed by atoms with van der Waals surface area (Å²) in [5, 5.41) is 3.03. The molecule has 1 aromatic heterocycles. The lowest BCUT2D eigenvalue weighted by molar-refractivity contribution is -0.140. The number of rotatable bonds is 12. The highest BCUT2D eigenvalue weighted by Gasteiger charge is 2.35. The van der Waals surface area contributed by atoms with E-state index in [0.717, 1.165) is 6.07 Å². The molecule has 0 bridgehead atoms. The summed E-state index contributed by atoms with van der Waals surface area (Å²) >= 11 is 0. The van der Waals surface area contributed by atoms with E-state index in [1.807, 2.05) is 4.90 Å². The number of para-hydroxylation sites is 1. The maximum Gasteiger partial charge on any atom is 0.419 e. The molecule has 0 aliphatic carbocycles. The molecule has 14 heteroatoms. The summed E-state index contributed by atoms with van der Waals surface area (Å²) < 4.78 is 66.5. The third-order valence-corrected chi connectivity index (χ3v) is 7.70. The third kappa shape index (κ3) is 9.59. The van der Waals surface area contributed by atoms with Gasteiger partial charge < -0.3 is 24.6 Å². The summed E-state index contributed by atoms with van der Waals surface area (Å²) in [4.78, 5) is 49.2. The van der Waals surface area contributed by atoms with Crippen LogP contribution in [0.25, 0.3) is 16.6 Å². The Morgan fingerprint density at radius 1 is 0.980 bits per heavy atom. The lowest BCUT2D eigenvalue weighted by atomic mass is 10.0. The van der Waals surface area contributed by atoms with Crippen molar-refractivity contribution in [3.63, 3.8) is 0 Å². The summed E-state index contributed by atoms with van der Waals surface area (Å²) in [6.45, 7) is 5.58. The molecule has 0 aliphatic heterocycles. The van der Waals surface area contributed by atoms with Gasteiger partial charge in [0.25, 0.3) is 5.56 Å². The van der Waals surface area contributed by atoms with Crippen molar-refractivity contribution < 1.29 is 36.6 Å². The van der Waals surface area contributed by atoms with Crippen LogP contribution in [-0.4, -0.2) is 77.8 Å². The molecule has 50 heavy (non-hydrogen) atoms. The molecule has 1 N–H and O–H groups in total. The fourth-order valence-electron chi connectivity index (χ4n) is 5.34. The Bertz CT molecular complexity index is 1870. The lowest BCUT2D eigenvalue weighted by Gasteiger charge is -2.34. The summed E-state index contributed by atoms with van der Waals surface area (Å²) in [7, 11) is 5.11. The molecule has 268 valence electrons. The maximum absolute atomic E-state index is 14.6. The Morgan fingerprint density at radius 2 is 1.66 bits per heavy atom. The van der Waals surface area contributed by atoms with Crippen molar-refractivity contribution >= 4 is 22.9 Å². The van der Waals surface area contributed by atoms with Gasteiger partial charge in [-0.25, -0.2) is 14.2 Å². The smallest absolute Gasteiger partial charge is 0.419 e. The molecule has 4 rings (SSSR count). The van der Waals surface area contributed by atoms with Crippen molar-refractivity contribution in [3.8, 4) is 11.4 Å². The second kappa shape index (κ2) is 15.7. The van der Waals surface area contributed by atoms with E-state index in [9.17, 15) is 31.9 Å². The van der Waals surface area contributed by atoms with Gasteiger partial charge in [-0.2, -0.15) is 13.2 Å². The number of nitrogens with zero attached hydrogens (tertiary/aromatic N) is 4. The molecule has 1 unspecified atom stereocenters. The van der Waals surface area contributed by atoms with Crippen molar-refractivity contribution in [2.45, 2.75) is 51.4 Å². The molecule has 1 atom stereocenters. The highest BCUT2D eigenvalue weighted by atomic mass is 19.4. The fraction of sp³-hybridized carbons (Fsp3) is 0.389. The summed E-state index contributed by atoms with van der Waals surface area (Å²) in [5.74, 6) is -1.33. The van der Waals surface area contributed by atoms with Crippen LogP contribution in [0.4, 0.5) is 22.4 Å². The number of alkyl halides is 3. The minimum Gasteiger partial charge on any atom is -0.497 e. The summed E-state index contributed by atoms with van der Waals surface area (Å²) in [6.07, 6.45) is -5.98. The minimum absolute atomic E-state index is 0.00839. The van der Waals surface area contributed by atoms with Crippen molar-refractivity contribution in [2.24, 2.45) is 0 Å². The first-order valence-corrected chi connectivity index (χ1v) is 15.9. The van der Waals surface area contributed by atoms with E-state index in [0.29, 0.717) is 41.0 Å². The zero-order chi connectivity index (χ0) is 36.8. The summed E-state index contributed by atoms with van der Waals surface area (Å²) in [5.41, 5.74) is -1.80. The normalized spacial score (nSPS) is 12.5. The van der Waals surface area contributed by atoms with Gasteiger partial charge in [0.1, 0.15) is 23.0 Å². The number of ether oxygens (including phenoxy) is 2. The lowest BCUT2D eigenvalue weighted by Crippen LogP contribution is -2.44. The average Bonchev–Trinajstić information content (AvgIpc) is 3.02. The zero-order valence-electron chi connectivity index (χ0n) is 28.8. The van der Waals surface area contributed by atoms with Gasteiger partial charge in [-0.3, -0.25) is 14.2 Å². The zero-order valence-corrected chi connectivity index (χ0v) is 28.8. The number of hydrogen-bond acceptors (Lipinski definition) is 7. The van der Waals surface area contributed by atoms with Gasteiger partial charge in [0, 0.05) is 19.6 Å². The van der Waals surface area contributed by atoms with E-state index < -0.39 is 53.2 Å². The van der Waals surface area contributed by atoms with Crippen LogP contribution in [0.3, 0.4) is 0 Å². The molecule has 1 heterocycles. The van der Waals surface area contributed by atoms with E-state index in [-0.39, 0.29) is 30.9 Å². The van der Waals surface area contributed by atoms with Crippen LogP contribution in [-0.2, 0) is 22.1 Å². The largest absolute Gasteiger partial charge is 0.497 e. The molecular weight excluding hydrogens is 658 g/mol. The van der Waals surface area contributed by atoms with Crippen LogP contribution in [0.2, 0.25) is 0 Å². The standard InChI is InChI=1S/C36H41F4N5O5/c1-35(2,3)50-34(48)41-18-17-30(44(20-19-43(4)5)31(46)22-23-11-16-27(28(37)21-23)36(38,39)40)32-42-29-10-8-7-9-26(29)33(47)45(32)24-12-14-25(49-6)15-13-24/h7-16,21,30H,17-20,22H2,1-6H3,(H,41,48). The molecule has 0 fully saturated rings. The number of benzene rings is 3. The number of carbonyl (C=O) groups excluding carboxylic acids is 2. The van der Waals surface area contributed by atoms with Crippen LogP contribution in [0.15, 0.2) is 71.5 Å². The maximum atomic E-state index is 14.6. The Hall–Kier alpha value is -4.98. The predicted molar refractivity (Wildman–Crippen MR) is 181 cm³/mol. The number of carbonyl (C=O) groups is 2. The Kier molecular flexibility index (Phi) is 11.9. The molecule has 0 aliphatic rings. The molecular formula is C36H41F4N5O5. The van der Waals surface area contributed by atoms with Gasteiger partial charge in [-0.15, -0.1) is 0 Å². The van der Waals surface area contributed by atoms with Gasteiger partial charge in [0.2, 0.25) is 5.91 Å². The number of halogens is 4. The first-order valence-electron chi connectivity index (χ1n) is 15.9. The second-order valence-electron chi connectivity index (χ2n) is 12.9. The van der Waals surface area contributed by atoms with Crippen molar-refractivity contribution in [3.05, 3.63) is 99.9 Å². The Balaban J connectivity index is 1.87. The SMILES string of the molecule is COc1ccc(-n2c(C(CCNC(=O)OC(C)(C)C)N(CCN(C)C)C(=O)Cc3ccc(C(F)(F)F)c(F)c3)nc3ccccc3c2=O)cc1. The number of alkyl carbamates (subject to hydrolysis) is 1. The monoisotopic (exact) mass is 699 g/mol. The predicted octanol–water partition coefficient (Wildman–Crippen LogP) is 6.14. The number of methoxy groups -OCH3 is 1. The molecule has 2 amide bonds. The van der Waals surface area contributed by atoms with E-state index in [4.69, 9.17) is 14.5 Å². The second-order valence-corrected chi connectivity index (χ2v) is 12.9. The van der Waals surface area contributed by atoms with E-state index >= 15 is 0 Å². The van der Waals surface area contributed by atoms with Crippen molar-refractivity contribution in [1.29, 1.82) is 0 Å². The number of likely N-dealkylation sites (N-methyl/N-ethyl adjacent to an activating group) is 1. The third-order valence-electron chi connectivity index (χ3n) is 7.70. The highest BCUT2D eigenvalue weighted by molar-refractivity contribution is 5.80. The van der Waals surface area contributed by atoms with Crippen molar-refractivity contribution in [1.82, 2.24) is 24.7 Å². The summed E-state index contributed by atoms with van der Waals surface area (Å²) in [6, 6.07) is 14.9. The molecule has 0 spiro atoms. The van der Waals surface area contributed by atoms with E-state index in [2.05, 4.69) is 5.32 Å². The number of amides is 2. The van der Waals surface area contributed by atoms with Crippen molar-refractivity contribution in [2.75, 3.05) is 40.8 Å². The van der Waals surface area contributed by atoms with Crippen LogP contribution < -0.4 is 15.6 Å². The van der Waals surface area contributed by atoms with Gasteiger partial charge >= 0.3 is 12.3 Å². The van der Waals surface area contributed by atoms with Gasteiger partial charge in [0.15, 0.2) is 0 Å². The topological polar surface area (TPSA) is 106 Å². The van der Waals surface area contributed by atoms with Crippen LogP contribution in [0, 0.1) is 5.82 Å². The number of hydrogen-bond donors (Lipinski definition) is 1. The van der Waals surface area contributed by atoms with Gasteiger partial charge in [-0.05, 0) is 95.4 Å². The van der Waals surface area contributed by atoms with E-state index in [1.54, 1.807) is 83.4 Å². The Morgan fingerprint density at radius 3 is 2.26 bits per heavy atom. The average molecular weight is 700 g/mol. The molecule has 0 saturated carbocycles. The first kappa shape index (κ1) is 37.8. The molecule has 0 saturated heterocycles. The molecule has 10 nitrogen and oxygen atoms in total. The quantitative estimate of drug-likeness (QED) is 0.177. The molecule has 4 aromatic rings.